The molecule has 1 fully saturated rings. The Kier molecular flexibility index (Phi) is 8.38. The summed E-state index contributed by atoms with van der Waals surface area (Å²) in [6.45, 7) is 6.08. The van der Waals surface area contributed by atoms with Gasteiger partial charge in [0.1, 0.15) is 6.04 Å². The third-order valence-electron chi connectivity index (χ3n) is 5.21. The Hall–Kier alpha value is -3.14. The summed E-state index contributed by atoms with van der Waals surface area (Å²) in [7, 11) is 0. The number of hydrogen-bond acceptors (Lipinski definition) is 6. The zero-order valence-corrected chi connectivity index (χ0v) is 17.9. The minimum atomic E-state index is -0.982. The minimum absolute atomic E-state index is 0.0639. The van der Waals surface area contributed by atoms with E-state index in [4.69, 9.17) is 15.7 Å². The average molecular weight is 434 g/mol. The van der Waals surface area contributed by atoms with Crippen LogP contribution in [0.5, 0.6) is 0 Å². The Morgan fingerprint density at radius 2 is 1.68 bits per heavy atom. The molecule has 2 amide bonds. The molecule has 0 radical (unpaired) electrons. The summed E-state index contributed by atoms with van der Waals surface area (Å²) in [4.78, 5) is 38.1. The molecule has 170 valence electrons. The van der Waals surface area contributed by atoms with Gasteiger partial charge in [-0.15, -0.1) is 0 Å². The lowest BCUT2D eigenvalue weighted by Crippen LogP contribution is -2.50. The zero-order chi connectivity index (χ0) is 23.1. The van der Waals surface area contributed by atoms with Crippen LogP contribution in [0.2, 0.25) is 0 Å². The van der Waals surface area contributed by atoms with Crippen molar-refractivity contribution >= 4 is 23.6 Å². The Balaban J connectivity index is 1.87. The van der Waals surface area contributed by atoms with E-state index in [1.54, 1.807) is 37.8 Å². The van der Waals surface area contributed by atoms with Crippen molar-refractivity contribution < 1.29 is 29.4 Å². The van der Waals surface area contributed by atoms with Crippen LogP contribution in [0.3, 0.4) is 0 Å². The van der Waals surface area contributed by atoms with E-state index in [0.29, 0.717) is 37.1 Å². The van der Waals surface area contributed by atoms with Gasteiger partial charge in [0.2, 0.25) is 5.91 Å². The fourth-order valence-electron chi connectivity index (χ4n) is 3.39. The molecule has 2 unspecified atom stereocenters. The molecular formula is C21H30N4O6. The highest BCUT2D eigenvalue weighted by molar-refractivity contribution is 6.00. The topological polar surface area (TPSA) is 155 Å². The van der Waals surface area contributed by atoms with Crippen molar-refractivity contribution in [1.82, 2.24) is 10.2 Å². The van der Waals surface area contributed by atoms with Crippen LogP contribution in [0.4, 0.5) is 0 Å². The van der Waals surface area contributed by atoms with Gasteiger partial charge in [-0.3, -0.25) is 9.59 Å². The second-order valence-corrected chi connectivity index (χ2v) is 7.92. The lowest BCUT2D eigenvalue weighted by Gasteiger charge is -2.35. The van der Waals surface area contributed by atoms with Crippen molar-refractivity contribution in [2.45, 2.75) is 51.9 Å². The smallest absolute Gasteiger partial charge is 0.333 e. The molecule has 2 rings (SSSR count). The molecule has 0 spiro atoms. The molecule has 2 atom stereocenters. The second-order valence-electron chi connectivity index (χ2n) is 7.92. The SMILES string of the molecule is CC(NC(=O)c1ccc(/C(N)=N/O)cc1)C(=O)N1CCC(OC(C(=O)O)C(C)C)CC1. The quantitative estimate of drug-likeness (QED) is 0.206. The second kappa shape index (κ2) is 10.8. The van der Waals surface area contributed by atoms with Gasteiger partial charge in [-0.2, -0.15) is 0 Å². The van der Waals surface area contributed by atoms with Crippen LogP contribution in [0, 0.1) is 5.92 Å². The van der Waals surface area contributed by atoms with Crippen LogP contribution in [0.1, 0.15) is 49.5 Å². The summed E-state index contributed by atoms with van der Waals surface area (Å²) >= 11 is 0. The molecule has 1 aliphatic rings. The number of likely N-dealkylation sites (tertiary alicyclic amines) is 1. The number of benzene rings is 1. The fraction of sp³-hybridized carbons (Fsp3) is 0.524. The number of nitrogens with two attached hydrogens (primary N) is 1. The number of nitrogens with one attached hydrogen (secondary N) is 1. The number of nitrogens with zero attached hydrogens (tertiary/aromatic N) is 2. The zero-order valence-electron chi connectivity index (χ0n) is 17.9. The molecule has 0 saturated carbocycles. The van der Waals surface area contributed by atoms with E-state index in [2.05, 4.69) is 10.5 Å². The van der Waals surface area contributed by atoms with Gasteiger partial charge in [-0.25, -0.2) is 4.79 Å². The number of carbonyl (C=O) groups excluding carboxylic acids is 2. The highest BCUT2D eigenvalue weighted by atomic mass is 16.5. The van der Waals surface area contributed by atoms with Crippen LogP contribution >= 0.6 is 0 Å². The van der Waals surface area contributed by atoms with Crippen molar-refractivity contribution in [2.75, 3.05) is 13.1 Å². The molecule has 1 aromatic carbocycles. The maximum absolute atomic E-state index is 12.7. The van der Waals surface area contributed by atoms with Crippen molar-refractivity contribution in [1.29, 1.82) is 0 Å². The van der Waals surface area contributed by atoms with E-state index in [1.165, 1.54) is 12.1 Å². The van der Waals surface area contributed by atoms with E-state index in [9.17, 15) is 19.5 Å². The highest BCUT2D eigenvalue weighted by Crippen LogP contribution is 2.19. The van der Waals surface area contributed by atoms with Gasteiger partial charge in [-0.05, 0) is 37.8 Å². The molecule has 1 aromatic rings. The number of hydrogen-bond donors (Lipinski definition) is 4. The summed E-state index contributed by atoms with van der Waals surface area (Å²) in [5.74, 6) is -1.81. The molecule has 10 nitrogen and oxygen atoms in total. The highest BCUT2D eigenvalue weighted by Gasteiger charge is 2.31. The van der Waals surface area contributed by atoms with Crippen LogP contribution < -0.4 is 11.1 Å². The Labute approximate surface area is 181 Å². The molecule has 10 heteroatoms. The molecule has 0 bridgehead atoms. The molecule has 1 saturated heterocycles. The van der Waals surface area contributed by atoms with E-state index in [-0.39, 0.29) is 23.8 Å². The van der Waals surface area contributed by atoms with Gasteiger partial charge in [0.15, 0.2) is 11.9 Å². The predicted octanol–water partition coefficient (Wildman–Crippen LogP) is 1.02. The fourth-order valence-corrected chi connectivity index (χ4v) is 3.39. The standard InChI is InChI=1S/C21H30N4O6/c1-12(2)17(21(28)29)31-16-8-10-25(11-9-16)20(27)13(3)23-19(26)15-6-4-14(5-7-15)18(22)24-30/h4-7,12-13,16-17,30H,8-11H2,1-3H3,(H2,22,24)(H,23,26)(H,28,29). The van der Waals surface area contributed by atoms with E-state index < -0.39 is 24.0 Å². The monoisotopic (exact) mass is 434 g/mol. The summed E-state index contributed by atoms with van der Waals surface area (Å²) in [5, 5.41) is 23.5. The molecular weight excluding hydrogens is 404 g/mol. The molecule has 1 heterocycles. The van der Waals surface area contributed by atoms with Gasteiger partial charge in [0.05, 0.1) is 6.10 Å². The van der Waals surface area contributed by atoms with Crippen molar-refractivity contribution in [3.63, 3.8) is 0 Å². The summed E-state index contributed by atoms with van der Waals surface area (Å²) < 4.78 is 5.72. The summed E-state index contributed by atoms with van der Waals surface area (Å²) in [6, 6.07) is 5.41. The lowest BCUT2D eigenvalue weighted by molar-refractivity contribution is -0.161. The number of ether oxygens (including phenoxy) is 1. The first-order chi connectivity index (χ1) is 14.6. The first-order valence-electron chi connectivity index (χ1n) is 10.2. The van der Waals surface area contributed by atoms with Crippen LogP contribution in [-0.4, -0.2) is 70.2 Å². The van der Waals surface area contributed by atoms with Gasteiger partial charge in [0, 0.05) is 24.2 Å². The average Bonchev–Trinajstić information content (AvgIpc) is 2.76. The Bertz CT molecular complexity index is 816. The molecule has 5 N–H and O–H groups in total. The number of amidine groups is 1. The Morgan fingerprint density at radius 3 is 2.16 bits per heavy atom. The van der Waals surface area contributed by atoms with E-state index in [0.717, 1.165) is 0 Å². The minimum Gasteiger partial charge on any atom is -0.479 e. The third kappa shape index (κ3) is 6.42. The number of carboxylic acid groups (broad SMARTS) is 1. The number of carbonyl (C=O) groups is 3. The summed E-state index contributed by atoms with van der Waals surface area (Å²) in [5.41, 5.74) is 6.31. The van der Waals surface area contributed by atoms with Gasteiger partial charge >= 0.3 is 5.97 Å². The Morgan fingerprint density at radius 1 is 1.13 bits per heavy atom. The number of amides is 2. The molecule has 31 heavy (non-hydrogen) atoms. The summed E-state index contributed by atoms with van der Waals surface area (Å²) in [6.07, 6.45) is -0.00199. The largest absolute Gasteiger partial charge is 0.479 e. The molecule has 1 aliphatic heterocycles. The van der Waals surface area contributed by atoms with Crippen LogP contribution in [0.25, 0.3) is 0 Å². The number of rotatable bonds is 8. The lowest BCUT2D eigenvalue weighted by atomic mass is 10.0. The van der Waals surface area contributed by atoms with Crippen molar-refractivity contribution in [3.05, 3.63) is 35.4 Å². The van der Waals surface area contributed by atoms with E-state index >= 15 is 0 Å². The van der Waals surface area contributed by atoms with Crippen LogP contribution in [-0.2, 0) is 14.3 Å². The first kappa shape index (κ1) is 24.1. The maximum Gasteiger partial charge on any atom is 0.333 e. The molecule has 0 aromatic heterocycles. The number of oxime groups is 1. The number of carboxylic acids is 1. The van der Waals surface area contributed by atoms with Crippen LogP contribution in [0.15, 0.2) is 29.4 Å². The van der Waals surface area contributed by atoms with Crippen molar-refractivity contribution in [3.8, 4) is 0 Å². The van der Waals surface area contributed by atoms with E-state index in [1.807, 2.05) is 0 Å². The number of aliphatic carboxylic acids is 1. The molecule has 0 aliphatic carbocycles. The van der Waals surface area contributed by atoms with Crippen molar-refractivity contribution in [2.24, 2.45) is 16.8 Å². The maximum atomic E-state index is 12.7. The van der Waals surface area contributed by atoms with Gasteiger partial charge in [-0.1, -0.05) is 31.1 Å². The van der Waals surface area contributed by atoms with Gasteiger partial charge < -0.3 is 31.0 Å². The normalized spacial score (nSPS) is 17.3. The predicted molar refractivity (Wildman–Crippen MR) is 113 cm³/mol. The third-order valence-corrected chi connectivity index (χ3v) is 5.21. The number of piperidine rings is 1. The van der Waals surface area contributed by atoms with Gasteiger partial charge in [0.25, 0.3) is 5.91 Å². The first-order valence-corrected chi connectivity index (χ1v) is 10.2.